The van der Waals surface area contributed by atoms with Crippen LogP contribution >= 0.6 is 0 Å². The highest BCUT2D eigenvalue weighted by Gasteiger charge is 2.38. The molecule has 17 heteroatoms. The lowest BCUT2D eigenvalue weighted by Gasteiger charge is -2.28. The van der Waals surface area contributed by atoms with E-state index < -0.39 is 24.3 Å². The van der Waals surface area contributed by atoms with E-state index in [1.165, 1.54) is 14.2 Å². The minimum absolute atomic E-state index is 0.199. The van der Waals surface area contributed by atoms with Crippen LogP contribution in [-0.2, 0) is 28.5 Å². The molecule has 3 aromatic heterocycles. The summed E-state index contributed by atoms with van der Waals surface area (Å²) in [7, 11) is 5.82. The minimum atomic E-state index is -0.962. The number of nitrogens with one attached hydrogen (secondary N) is 5. The number of hydrogen-bond donors (Lipinski definition) is 5. The van der Waals surface area contributed by atoms with Gasteiger partial charge in [-0.1, -0.05) is 24.3 Å². The number of alkyl carbamates (subject to hydrolysis) is 2. The first-order chi connectivity index (χ1) is 27.7. The van der Waals surface area contributed by atoms with Gasteiger partial charge in [0.05, 0.1) is 49.6 Å². The van der Waals surface area contributed by atoms with Gasteiger partial charge in [-0.15, -0.1) is 0 Å². The number of nitrogens with zero attached hydrogens (tertiary/aromatic N) is 4. The zero-order chi connectivity index (χ0) is 40.1. The lowest BCUT2D eigenvalue weighted by Crippen LogP contribution is -2.49. The van der Waals surface area contributed by atoms with Crippen molar-refractivity contribution in [1.29, 1.82) is 0 Å². The summed E-state index contributed by atoms with van der Waals surface area (Å²) in [6, 6.07) is 11.1. The van der Waals surface area contributed by atoms with E-state index in [4.69, 9.17) is 28.9 Å². The maximum atomic E-state index is 13.6. The Hall–Kier alpha value is -5.94. The van der Waals surface area contributed by atoms with Gasteiger partial charge < -0.3 is 54.3 Å². The van der Waals surface area contributed by atoms with E-state index in [0.717, 1.165) is 70.0 Å². The highest BCUT2D eigenvalue weighted by atomic mass is 16.6. The van der Waals surface area contributed by atoms with Crippen molar-refractivity contribution in [3.63, 3.8) is 0 Å². The normalized spacial score (nSPS) is 17.9. The number of imidazole rings is 2. The molecule has 0 aliphatic carbocycles. The lowest BCUT2D eigenvalue weighted by atomic mass is 10.1. The number of aromatic nitrogens is 5. The third-order valence-electron chi connectivity index (χ3n) is 10.8. The summed E-state index contributed by atoms with van der Waals surface area (Å²) in [5.74, 6) is 0.896. The Morgan fingerprint density at radius 2 is 1.30 bits per heavy atom. The van der Waals surface area contributed by atoms with Gasteiger partial charge in [0.15, 0.2) is 6.10 Å². The smallest absolute Gasteiger partial charge is 0.407 e. The molecule has 0 bridgehead atoms. The monoisotopic (exact) mass is 783 g/mol. The molecule has 4 atom stereocenters. The van der Waals surface area contributed by atoms with Gasteiger partial charge >= 0.3 is 12.2 Å². The van der Waals surface area contributed by atoms with E-state index in [0.29, 0.717) is 37.8 Å². The average molecular weight is 784 g/mol. The molecule has 5 aromatic rings. The number of carbonyl (C=O) groups is 4. The third kappa shape index (κ3) is 8.30. The largest absolute Gasteiger partial charge is 0.453 e. The molecular formula is C40H49N9O8. The second kappa shape index (κ2) is 17.5. The Morgan fingerprint density at radius 1 is 0.754 bits per heavy atom. The van der Waals surface area contributed by atoms with Crippen molar-refractivity contribution in [2.75, 3.05) is 54.7 Å². The van der Waals surface area contributed by atoms with Gasteiger partial charge in [0.1, 0.15) is 17.7 Å². The first-order valence-corrected chi connectivity index (χ1v) is 19.2. The van der Waals surface area contributed by atoms with Gasteiger partial charge in [0.25, 0.3) is 5.91 Å². The highest BCUT2D eigenvalue weighted by Crippen LogP contribution is 2.36. The van der Waals surface area contributed by atoms with E-state index in [9.17, 15) is 19.2 Å². The number of amides is 4. The summed E-state index contributed by atoms with van der Waals surface area (Å²) in [6.45, 7) is 1.68. The summed E-state index contributed by atoms with van der Waals surface area (Å²) >= 11 is 0. The summed E-state index contributed by atoms with van der Waals surface area (Å²) in [5.41, 5.74) is 5.42. The zero-order valence-electron chi connectivity index (χ0n) is 32.6. The molecule has 4 amide bonds. The number of H-pyrrole nitrogens is 3. The number of likely N-dealkylation sites (tertiary alicyclic amines) is 2. The van der Waals surface area contributed by atoms with E-state index in [1.807, 2.05) is 6.07 Å². The first kappa shape index (κ1) is 39.3. The number of hydrogen-bond acceptors (Lipinski definition) is 10. The van der Waals surface area contributed by atoms with Crippen molar-refractivity contribution in [3.05, 3.63) is 60.4 Å². The van der Waals surface area contributed by atoms with Gasteiger partial charge in [-0.2, -0.15) is 0 Å². The third-order valence-corrected chi connectivity index (χ3v) is 10.8. The zero-order valence-corrected chi connectivity index (χ0v) is 32.6. The van der Waals surface area contributed by atoms with Crippen LogP contribution in [0.4, 0.5) is 9.59 Å². The fraction of sp³-hybridized carbons (Fsp3) is 0.450. The maximum absolute atomic E-state index is 13.6. The van der Waals surface area contributed by atoms with Crippen LogP contribution in [0, 0.1) is 0 Å². The minimum Gasteiger partial charge on any atom is -0.453 e. The predicted molar refractivity (Wildman–Crippen MR) is 210 cm³/mol. The number of rotatable bonds is 14. The molecule has 5 heterocycles. The van der Waals surface area contributed by atoms with E-state index >= 15 is 0 Å². The van der Waals surface area contributed by atoms with Gasteiger partial charge in [0, 0.05) is 86.7 Å². The van der Waals surface area contributed by atoms with Gasteiger partial charge in [0.2, 0.25) is 5.91 Å². The van der Waals surface area contributed by atoms with Crippen molar-refractivity contribution in [1.82, 2.24) is 45.4 Å². The maximum Gasteiger partial charge on any atom is 0.407 e. The van der Waals surface area contributed by atoms with Crippen molar-refractivity contribution in [2.45, 2.75) is 62.8 Å². The Bertz CT molecular complexity index is 2080. The Kier molecular flexibility index (Phi) is 12.0. The molecule has 0 spiro atoms. The molecule has 2 aromatic carbocycles. The number of ether oxygens (including phenoxy) is 4. The number of carbonyl (C=O) groups excluding carboxylic acids is 4. The average Bonchev–Trinajstić information content (AvgIpc) is 4.08. The quantitative estimate of drug-likeness (QED) is 0.102. The Labute approximate surface area is 329 Å². The molecule has 2 aliphatic heterocycles. The second-order valence-corrected chi connectivity index (χ2v) is 14.3. The van der Waals surface area contributed by atoms with Crippen LogP contribution in [-0.4, -0.2) is 126 Å². The van der Waals surface area contributed by atoms with Crippen molar-refractivity contribution in [3.8, 4) is 22.5 Å². The number of aromatic amines is 3. The molecule has 2 saturated heterocycles. The SMILES string of the molecule is CNC(=O)O[C@@H](CCOC)C(=O)N1CCC[C@H]1c1ncc(-c2ccc3c(c2)[nH]c2cc(-c4cnc([C@@H]5CCCN5C(=O)[C@H](CCOC)NC(=O)OC)[nH]4)ccc23)[nH]1. The van der Waals surface area contributed by atoms with Gasteiger partial charge in [-0.3, -0.25) is 9.59 Å². The van der Waals surface area contributed by atoms with Gasteiger partial charge in [-0.05, 0) is 37.8 Å². The summed E-state index contributed by atoms with van der Waals surface area (Å²) in [5, 5.41) is 7.21. The lowest BCUT2D eigenvalue weighted by molar-refractivity contribution is -0.142. The van der Waals surface area contributed by atoms with Crippen molar-refractivity contribution >= 4 is 45.8 Å². The highest BCUT2D eigenvalue weighted by molar-refractivity contribution is 6.09. The predicted octanol–water partition coefficient (Wildman–Crippen LogP) is 4.95. The summed E-state index contributed by atoms with van der Waals surface area (Å²) in [4.78, 5) is 74.6. The van der Waals surface area contributed by atoms with Crippen molar-refractivity contribution < 1.29 is 38.1 Å². The topological polar surface area (TPSA) is 209 Å². The van der Waals surface area contributed by atoms with Gasteiger partial charge in [-0.25, -0.2) is 19.6 Å². The molecule has 57 heavy (non-hydrogen) atoms. The standard InChI is InChI=1S/C40H49N9O8/c1-41-39(52)57-34(14-18-55-3)38(51)49-16-6-8-33(49)36-43-22-31(46-36)24-10-12-26-25-11-9-23(19-28(25)44-29(26)20-24)30-21-42-35(45-30)32-7-5-15-48(32)37(50)27(13-17-54-2)47-40(53)56-4/h9-12,19-22,27,32-34,44H,5-8,13-18H2,1-4H3,(H,41,52)(H,42,45)(H,43,46)(H,47,53)/t27-,32-,33-,34-/m0/s1. The fourth-order valence-corrected chi connectivity index (χ4v) is 7.91. The van der Waals surface area contributed by atoms with Crippen LogP contribution in [0.5, 0.6) is 0 Å². The second-order valence-electron chi connectivity index (χ2n) is 14.3. The van der Waals surface area contributed by atoms with Crippen LogP contribution in [0.15, 0.2) is 48.8 Å². The van der Waals surface area contributed by atoms with E-state index in [-0.39, 0.29) is 36.9 Å². The molecular weight excluding hydrogens is 734 g/mol. The number of methoxy groups -OCH3 is 3. The van der Waals surface area contributed by atoms with Crippen LogP contribution in [0.3, 0.4) is 0 Å². The number of fused-ring (bicyclic) bond motifs is 3. The van der Waals surface area contributed by atoms with Crippen LogP contribution < -0.4 is 10.6 Å². The molecule has 2 aliphatic rings. The van der Waals surface area contributed by atoms with Crippen molar-refractivity contribution in [2.24, 2.45) is 0 Å². The van der Waals surface area contributed by atoms with E-state index in [1.54, 1.807) is 36.4 Å². The summed E-state index contributed by atoms with van der Waals surface area (Å²) in [6.07, 6.45) is 4.95. The molecule has 5 N–H and O–H groups in total. The molecule has 0 radical (unpaired) electrons. The van der Waals surface area contributed by atoms with Crippen LogP contribution in [0.2, 0.25) is 0 Å². The molecule has 2 fully saturated rings. The molecule has 7 rings (SSSR count). The van der Waals surface area contributed by atoms with Crippen LogP contribution in [0.1, 0.15) is 62.3 Å². The molecule has 0 saturated carbocycles. The van der Waals surface area contributed by atoms with Crippen LogP contribution in [0.25, 0.3) is 44.3 Å². The first-order valence-electron chi connectivity index (χ1n) is 19.2. The molecule has 17 nitrogen and oxygen atoms in total. The molecule has 0 unspecified atom stereocenters. The van der Waals surface area contributed by atoms with E-state index in [2.05, 4.69) is 55.9 Å². The Balaban J connectivity index is 1.07. The molecule has 302 valence electrons. The Morgan fingerprint density at radius 3 is 1.82 bits per heavy atom. The summed E-state index contributed by atoms with van der Waals surface area (Å²) < 4.78 is 20.5. The fourth-order valence-electron chi connectivity index (χ4n) is 7.91. The number of benzene rings is 2.